The standard InChI is InChI=1S/C14H13FN2O2/c1-19-14(18)12-3-2-8-16-13(12)17-9-10-4-6-11(15)7-5-10/h2-8H,9H2,1H3,(H,16,17). The molecule has 0 aliphatic heterocycles. The van der Waals surface area contributed by atoms with Crippen molar-refractivity contribution in [3.63, 3.8) is 0 Å². The van der Waals surface area contributed by atoms with Crippen LogP contribution in [0.5, 0.6) is 0 Å². The van der Waals surface area contributed by atoms with Crippen LogP contribution in [0.25, 0.3) is 0 Å². The van der Waals surface area contributed by atoms with Gasteiger partial charge in [0.2, 0.25) is 0 Å². The Morgan fingerprint density at radius 1 is 1.32 bits per heavy atom. The number of benzene rings is 1. The van der Waals surface area contributed by atoms with Crippen LogP contribution < -0.4 is 5.32 Å². The highest BCUT2D eigenvalue weighted by Crippen LogP contribution is 2.14. The molecule has 0 saturated carbocycles. The van der Waals surface area contributed by atoms with Crippen LogP contribution >= 0.6 is 0 Å². The van der Waals surface area contributed by atoms with Gasteiger partial charge in [-0.2, -0.15) is 0 Å². The summed E-state index contributed by atoms with van der Waals surface area (Å²) in [7, 11) is 1.32. The highest BCUT2D eigenvalue weighted by atomic mass is 19.1. The summed E-state index contributed by atoms with van der Waals surface area (Å²) in [6.45, 7) is 0.446. The number of anilines is 1. The molecule has 2 aromatic rings. The van der Waals surface area contributed by atoms with E-state index in [2.05, 4.69) is 15.0 Å². The van der Waals surface area contributed by atoms with Crippen molar-refractivity contribution in [1.82, 2.24) is 4.98 Å². The zero-order valence-corrected chi connectivity index (χ0v) is 10.4. The molecule has 19 heavy (non-hydrogen) atoms. The van der Waals surface area contributed by atoms with Gasteiger partial charge >= 0.3 is 5.97 Å². The topological polar surface area (TPSA) is 51.2 Å². The van der Waals surface area contributed by atoms with E-state index in [-0.39, 0.29) is 5.82 Å². The maximum atomic E-state index is 12.8. The Bertz CT molecular complexity index is 570. The fourth-order valence-electron chi connectivity index (χ4n) is 1.61. The molecule has 0 fully saturated rings. The Hall–Kier alpha value is -2.43. The van der Waals surface area contributed by atoms with Gasteiger partial charge in [-0.25, -0.2) is 14.2 Å². The molecule has 1 N–H and O–H groups in total. The van der Waals surface area contributed by atoms with Crippen molar-refractivity contribution in [3.05, 3.63) is 59.5 Å². The van der Waals surface area contributed by atoms with E-state index in [1.165, 1.54) is 19.2 Å². The zero-order valence-electron chi connectivity index (χ0n) is 10.4. The minimum absolute atomic E-state index is 0.281. The van der Waals surface area contributed by atoms with E-state index in [0.717, 1.165) is 5.56 Å². The van der Waals surface area contributed by atoms with Crippen molar-refractivity contribution >= 4 is 11.8 Å². The Balaban J connectivity index is 2.11. The molecule has 0 aliphatic rings. The molecule has 5 heteroatoms. The molecular formula is C14H13FN2O2. The summed E-state index contributed by atoms with van der Waals surface area (Å²) in [6, 6.07) is 9.40. The minimum Gasteiger partial charge on any atom is -0.465 e. The van der Waals surface area contributed by atoms with Gasteiger partial charge in [0.1, 0.15) is 17.2 Å². The Morgan fingerprint density at radius 3 is 2.74 bits per heavy atom. The number of esters is 1. The number of halogens is 1. The first-order valence-corrected chi connectivity index (χ1v) is 5.72. The van der Waals surface area contributed by atoms with E-state index in [0.29, 0.717) is 17.9 Å². The predicted octanol–water partition coefficient (Wildman–Crippen LogP) is 2.62. The van der Waals surface area contributed by atoms with E-state index < -0.39 is 5.97 Å². The molecule has 0 amide bonds. The highest BCUT2D eigenvalue weighted by Gasteiger charge is 2.11. The highest BCUT2D eigenvalue weighted by molar-refractivity contribution is 5.94. The zero-order chi connectivity index (χ0) is 13.7. The van der Waals surface area contributed by atoms with Crippen molar-refractivity contribution in [1.29, 1.82) is 0 Å². The first-order chi connectivity index (χ1) is 9.20. The largest absolute Gasteiger partial charge is 0.465 e. The molecule has 0 atom stereocenters. The van der Waals surface area contributed by atoms with Crippen LogP contribution in [0.2, 0.25) is 0 Å². The number of nitrogens with zero attached hydrogens (tertiary/aromatic N) is 1. The van der Waals surface area contributed by atoms with Gasteiger partial charge in [-0.3, -0.25) is 0 Å². The second kappa shape index (κ2) is 5.95. The number of methoxy groups -OCH3 is 1. The van der Waals surface area contributed by atoms with Crippen LogP contribution in [-0.2, 0) is 11.3 Å². The number of carbonyl (C=O) groups excluding carboxylic acids is 1. The van der Waals surface area contributed by atoms with Crippen LogP contribution in [-0.4, -0.2) is 18.1 Å². The first-order valence-electron chi connectivity index (χ1n) is 5.72. The van der Waals surface area contributed by atoms with Gasteiger partial charge in [0.25, 0.3) is 0 Å². The summed E-state index contributed by atoms with van der Waals surface area (Å²) in [5, 5.41) is 3.03. The van der Waals surface area contributed by atoms with E-state index in [9.17, 15) is 9.18 Å². The van der Waals surface area contributed by atoms with Crippen molar-refractivity contribution < 1.29 is 13.9 Å². The van der Waals surface area contributed by atoms with Gasteiger partial charge < -0.3 is 10.1 Å². The van der Waals surface area contributed by atoms with Gasteiger partial charge in [-0.1, -0.05) is 12.1 Å². The smallest absolute Gasteiger partial charge is 0.341 e. The Kier molecular flexibility index (Phi) is 4.07. The lowest BCUT2D eigenvalue weighted by Crippen LogP contribution is -2.09. The molecule has 0 aliphatic carbocycles. The molecule has 1 aromatic heterocycles. The molecule has 1 heterocycles. The second-order valence-corrected chi connectivity index (χ2v) is 3.87. The molecule has 0 radical (unpaired) electrons. The van der Waals surface area contributed by atoms with Gasteiger partial charge in [0.05, 0.1) is 7.11 Å². The number of rotatable bonds is 4. The van der Waals surface area contributed by atoms with Crippen LogP contribution in [0.3, 0.4) is 0 Å². The molecule has 0 unspecified atom stereocenters. The summed E-state index contributed by atoms with van der Waals surface area (Å²) in [5.41, 5.74) is 1.26. The number of pyridine rings is 1. The van der Waals surface area contributed by atoms with Crippen molar-refractivity contribution in [2.24, 2.45) is 0 Å². The number of ether oxygens (including phenoxy) is 1. The monoisotopic (exact) mass is 260 g/mol. The lowest BCUT2D eigenvalue weighted by Gasteiger charge is -2.09. The predicted molar refractivity (Wildman–Crippen MR) is 69.3 cm³/mol. The molecule has 4 nitrogen and oxygen atoms in total. The van der Waals surface area contributed by atoms with Crippen LogP contribution in [0.4, 0.5) is 10.2 Å². The molecule has 1 aromatic carbocycles. The minimum atomic E-state index is -0.449. The number of nitrogens with one attached hydrogen (secondary N) is 1. The SMILES string of the molecule is COC(=O)c1cccnc1NCc1ccc(F)cc1. The van der Waals surface area contributed by atoms with Gasteiger partial charge in [-0.05, 0) is 29.8 Å². The van der Waals surface area contributed by atoms with Gasteiger partial charge in [-0.15, -0.1) is 0 Å². The quantitative estimate of drug-likeness (QED) is 0.858. The molecule has 0 saturated heterocycles. The summed E-state index contributed by atoms with van der Waals surface area (Å²) in [6.07, 6.45) is 1.58. The summed E-state index contributed by atoms with van der Waals surface area (Å²) in [5.74, 6) is -0.287. The molecule has 0 spiro atoms. The average molecular weight is 260 g/mol. The van der Waals surface area contributed by atoms with E-state index >= 15 is 0 Å². The summed E-state index contributed by atoms with van der Waals surface area (Å²) in [4.78, 5) is 15.6. The van der Waals surface area contributed by atoms with E-state index in [1.807, 2.05) is 0 Å². The maximum absolute atomic E-state index is 12.8. The first kappa shape index (κ1) is 13.0. The van der Waals surface area contributed by atoms with Gasteiger partial charge in [0, 0.05) is 12.7 Å². The third-order valence-corrected chi connectivity index (χ3v) is 2.59. The molecule has 2 rings (SSSR count). The average Bonchev–Trinajstić information content (AvgIpc) is 2.46. The third-order valence-electron chi connectivity index (χ3n) is 2.59. The fourth-order valence-corrected chi connectivity index (χ4v) is 1.61. The molecule has 0 bridgehead atoms. The number of hydrogen-bond acceptors (Lipinski definition) is 4. The normalized spacial score (nSPS) is 10.0. The number of aromatic nitrogens is 1. The van der Waals surface area contributed by atoms with Crippen LogP contribution in [0.15, 0.2) is 42.6 Å². The van der Waals surface area contributed by atoms with E-state index in [1.54, 1.807) is 30.5 Å². The van der Waals surface area contributed by atoms with Crippen molar-refractivity contribution in [3.8, 4) is 0 Å². The third kappa shape index (κ3) is 3.28. The van der Waals surface area contributed by atoms with E-state index in [4.69, 9.17) is 0 Å². The Morgan fingerprint density at radius 2 is 2.05 bits per heavy atom. The maximum Gasteiger partial charge on any atom is 0.341 e. The van der Waals surface area contributed by atoms with Crippen molar-refractivity contribution in [2.45, 2.75) is 6.54 Å². The summed E-state index contributed by atoms with van der Waals surface area (Å²) >= 11 is 0. The lowest BCUT2D eigenvalue weighted by atomic mass is 10.2. The lowest BCUT2D eigenvalue weighted by molar-refractivity contribution is 0.0601. The summed E-state index contributed by atoms with van der Waals surface area (Å²) < 4.78 is 17.4. The number of hydrogen-bond donors (Lipinski definition) is 1. The van der Waals surface area contributed by atoms with Crippen LogP contribution in [0.1, 0.15) is 15.9 Å². The molecule has 98 valence electrons. The fraction of sp³-hybridized carbons (Fsp3) is 0.143. The van der Waals surface area contributed by atoms with Gasteiger partial charge in [0.15, 0.2) is 0 Å². The van der Waals surface area contributed by atoms with Crippen LogP contribution in [0, 0.1) is 5.82 Å². The number of carbonyl (C=O) groups is 1. The molecular weight excluding hydrogens is 247 g/mol. The Labute approximate surface area is 110 Å². The van der Waals surface area contributed by atoms with Crippen molar-refractivity contribution in [2.75, 3.05) is 12.4 Å². The second-order valence-electron chi connectivity index (χ2n) is 3.87.